The van der Waals surface area contributed by atoms with E-state index in [1.165, 1.54) is 0 Å². The molecule has 0 unspecified atom stereocenters. The second-order valence-electron chi connectivity index (χ2n) is 3.04. The number of aliphatic hydroxyl groups is 1. The molecule has 0 aromatic rings. The zero-order chi connectivity index (χ0) is 8.55. The molecule has 2 heteroatoms. The lowest BCUT2D eigenvalue weighted by Gasteiger charge is -2.08. The molecule has 0 bridgehead atoms. The van der Waals surface area contributed by atoms with Gasteiger partial charge in [-0.05, 0) is 30.1 Å². The number of allylic oxidation sites excluding steroid dienone is 6. The van der Waals surface area contributed by atoms with E-state index in [9.17, 15) is 5.11 Å². The van der Waals surface area contributed by atoms with Gasteiger partial charge in [0.2, 0.25) is 0 Å². The molecule has 2 aliphatic carbocycles. The molecule has 0 saturated heterocycles. The SMILES string of the molecule is N#CC1=C2CCC(O)=C2CC=C1. The van der Waals surface area contributed by atoms with Gasteiger partial charge in [-0.25, -0.2) is 0 Å². The van der Waals surface area contributed by atoms with Crippen molar-refractivity contribution in [2.45, 2.75) is 19.3 Å². The van der Waals surface area contributed by atoms with Gasteiger partial charge in [-0.15, -0.1) is 0 Å². The van der Waals surface area contributed by atoms with Crippen molar-refractivity contribution < 1.29 is 5.11 Å². The highest BCUT2D eigenvalue weighted by atomic mass is 16.3. The van der Waals surface area contributed by atoms with Crippen molar-refractivity contribution in [3.63, 3.8) is 0 Å². The molecular weight excluding hydrogens is 150 g/mol. The highest BCUT2D eigenvalue weighted by molar-refractivity contribution is 5.54. The standard InChI is InChI=1S/C10H9NO/c11-6-7-2-1-3-9-8(7)4-5-10(9)12/h1-2,12H,3-5H2. The van der Waals surface area contributed by atoms with Crippen LogP contribution in [-0.2, 0) is 0 Å². The average Bonchev–Trinajstić information content (AvgIpc) is 2.48. The van der Waals surface area contributed by atoms with Gasteiger partial charge < -0.3 is 5.11 Å². The van der Waals surface area contributed by atoms with E-state index in [1.807, 2.05) is 12.2 Å². The Bertz CT molecular complexity index is 353. The highest BCUT2D eigenvalue weighted by Crippen LogP contribution is 2.37. The Morgan fingerprint density at radius 1 is 1.33 bits per heavy atom. The van der Waals surface area contributed by atoms with E-state index in [4.69, 9.17) is 5.26 Å². The molecule has 0 radical (unpaired) electrons. The lowest BCUT2D eigenvalue weighted by Crippen LogP contribution is -1.93. The van der Waals surface area contributed by atoms with Crippen LogP contribution >= 0.6 is 0 Å². The molecule has 0 aromatic heterocycles. The van der Waals surface area contributed by atoms with Crippen molar-refractivity contribution in [2.75, 3.05) is 0 Å². The van der Waals surface area contributed by atoms with Gasteiger partial charge in [0.15, 0.2) is 0 Å². The van der Waals surface area contributed by atoms with Crippen molar-refractivity contribution in [3.05, 3.63) is 34.6 Å². The molecule has 0 fully saturated rings. The third-order valence-corrected chi connectivity index (χ3v) is 2.38. The molecule has 0 heterocycles. The number of fused-ring (bicyclic) bond motifs is 1. The number of nitriles is 1. The summed E-state index contributed by atoms with van der Waals surface area (Å²) in [5, 5.41) is 18.2. The summed E-state index contributed by atoms with van der Waals surface area (Å²) in [5.74, 6) is 0.474. The van der Waals surface area contributed by atoms with Gasteiger partial charge in [0, 0.05) is 6.42 Å². The van der Waals surface area contributed by atoms with Crippen LogP contribution in [-0.4, -0.2) is 5.11 Å². The van der Waals surface area contributed by atoms with Crippen LogP contribution < -0.4 is 0 Å². The normalized spacial score (nSPS) is 21.2. The molecule has 0 aliphatic heterocycles. The van der Waals surface area contributed by atoms with E-state index < -0.39 is 0 Å². The van der Waals surface area contributed by atoms with Crippen LogP contribution in [0, 0.1) is 11.3 Å². The molecule has 0 aromatic carbocycles. The molecule has 2 aliphatic rings. The molecule has 2 rings (SSSR count). The first kappa shape index (κ1) is 7.17. The van der Waals surface area contributed by atoms with Crippen molar-refractivity contribution >= 4 is 0 Å². The molecule has 2 nitrogen and oxygen atoms in total. The number of aliphatic hydroxyl groups excluding tert-OH is 1. The van der Waals surface area contributed by atoms with E-state index in [0.717, 1.165) is 29.6 Å². The Morgan fingerprint density at radius 3 is 2.92 bits per heavy atom. The largest absolute Gasteiger partial charge is 0.512 e. The third kappa shape index (κ3) is 0.868. The molecule has 0 amide bonds. The van der Waals surface area contributed by atoms with Crippen LogP contribution in [0.15, 0.2) is 34.6 Å². The Kier molecular flexibility index (Phi) is 1.51. The molecule has 0 atom stereocenters. The minimum Gasteiger partial charge on any atom is -0.512 e. The fraction of sp³-hybridized carbons (Fsp3) is 0.300. The minimum atomic E-state index is 0.474. The van der Waals surface area contributed by atoms with E-state index >= 15 is 0 Å². The number of nitrogens with zero attached hydrogens (tertiary/aromatic N) is 1. The minimum absolute atomic E-state index is 0.474. The molecule has 1 N–H and O–H groups in total. The van der Waals surface area contributed by atoms with Crippen LogP contribution in [0.2, 0.25) is 0 Å². The van der Waals surface area contributed by atoms with Crippen molar-refractivity contribution in [1.29, 1.82) is 5.26 Å². The summed E-state index contributed by atoms with van der Waals surface area (Å²) in [6.07, 6.45) is 6.09. The lowest BCUT2D eigenvalue weighted by molar-refractivity contribution is 0.392. The fourth-order valence-electron chi connectivity index (χ4n) is 1.76. The maximum atomic E-state index is 9.44. The first-order valence-corrected chi connectivity index (χ1v) is 4.04. The summed E-state index contributed by atoms with van der Waals surface area (Å²) in [6, 6.07) is 2.14. The fourth-order valence-corrected chi connectivity index (χ4v) is 1.76. The van der Waals surface area contributed by atoms with Crippen molar-refractivity contribution in [1.82, 2.24) is 0 Å². The number of rotatable bonds is 0. The van der Waals surface area contributed by atoms with Gasteiger partial charge >= 0.3 is 0 Å². The van der Waals surface area contributed by atoms with E-state index in [1.54, 1.807) is 0 Å². The monoisotopic (exact) mass is 159 g/mol. The summed E-state index contributed by atoms with van der Waals surface area (Å²) in [5.41, 5.74) is 2.76. The summed E-state index contributed by atoms with van der Waals surface area (Å²) in [6.45, 7) is 0. The predicted octanol–water partition coefficient (Wildman–Crippen LogP) is 2.37. The molecule has 0 saturated carbocycles. The van der Waals surface area contributed by atoms with Crippen molar-refractivity contribution in [2.24, 2.45) is 0 Å². The summed E-state index contributed by atoms with van der Waals surface area (Å²) < 4.78 is 0. The molecule has 0 spiro atoms. The van der Waals surface area contributed by atoms with Crippen LogP contribution in [0.4, 0.5) is 0 Å². The first-order valence-electron chi connectivity index (χ1n) is 4.04. The predicted molar refractivity (Wildman–Crippen MR) is 45.3 cm³/mol. The molecule has 60 valence electrons. The topological polar surface area (TPSA) is 44.0 Å². The number of hydrogen-bond donors (Lipinski definition) is 1. The second-order valence-corrected chi connectivity index (χ2v) is 3.04. The van der Waals surface area contributed by atoms with Crippen LogP contribution in [0.25, 0.3) is 0 Å². The Hall–Kier alpha value is -1.49. The Morgan fingerprint density at radius 2 is 2.17 bits per heavy atom. The maximum absolute atomic E-state index is 9.44. The second kappa shape index (κ2) is 2.53. The Balaban J connectivity index is 2.54. The zero-order valence-electron chi connectivity index (χ0n) is 6.67. The highest BCUT2D eigenvalue weighted by Gasteiger charge is 2.22. The summed E-state index contributed by atoms with van der Waals surface area (Å²) in [4.78, 5) is 0. The average molecular weight is 159 g/mol. The van der Waals surface area contributed by atoms with Crippen LogP contribution in [0.3, 0.4) is 0 Å². The van der Waals surface area contributed by atoms with E-state index in [2.05, 4.69) is 6.07 Å². The first-order chi connectivity index (χ1) is 5.83. The lowest BCUT2D eigenvalue weighted by atomic mass is 9.95. The molecular formula is C10H9NO. The van der Waals surface area contributed by atoms with E-state index in [0.29, 0.717) is 12.2 Å². The zero-order valence-corrected chi connectivity index (χ0v) is 6.67. The van der Waals surface area contributed by atoms with Crippen molar-refractivity contribution in [3.8, 4) is 6.07 Å². The van der Waals surface area contributed by atoms with E-state index in [-0.39, 0.29) is 0 Å². The smallest absolute Gasteiger partial charge is 0.0994 e. The summed E-state index contributed by atoms with van der Waals surface area (Å²) in [7, 11) is 0. The van der Waals surface area contributed by atoms with Gasteiger partial charge in [-0.2, -0.15) is 5.26 Å². The third-order valence-electron chi connectivity index (χ3n) is 2.38. The quantitative estimate of drug-likeness (QED) is 0.589. The van der Waals surface area contributed by atoms with Crippen LogP contribution in [0.5, 0.6) is 0 Å². The van der Waals surface area contributed by atoms with Gasteiger partial charge in [0.1, 0.15) is 0 Å². The van der Waals surface area contributed by atoms with Gasteiger partial charge in [0.25, 0.3) is 0 Å². The van der Waals surface area contributed by atoms with Gasteiger partial charge in [-0.1, -0.05) is 6.08 Å². The number of hydrogen-bond acceptors (Lipinski definition) is 2. The summed E-state index contributed by atoms with van der Waals surface area (Å²) >= 11 is 0. The van der Waals surface area contributed by atoms with Gasteiger partial charge in [0.05, 0.1) is 17.4 Å². The Labute approximate surface area is 71.1 Å². The van der Waals surface area contributed by atoms with Crippen LogP contribution in [0.1, 0.15) is 19.3 Å². The van der Waals surface area contributed by atoms with Gasteiger partial charge in [-0.3, -0.25) is 0 Å². The maximum Gasteiger partial charge on any atom is 0.0994 e. The molecule has 12 heavy (non-hydrogen) atoms.